The smallest absolute Gasteiger partial charge is 0.246 e. The summed E-state index contributed by atoms with van der Waals surface area (Å²) >= 11 is 0. The number of fused-ring (bicyclic) bond motifs is 1. The monoisotopic (exact) mass is 410 g/mol. The second-order valence-corrected chi connectivity index (χ2v) is 7.21. The lowest BCUT2D eigenvalue weighted by Gasteiger charge is -2.16. The predicted molar refractivity (Wildman–Crippen MR) is 114 cm³/mol. The minimum absolute atomic E-state index is 0.0843. The van der Waals surface area contributed by atoms with Crippen LogP contribution >= 0.6 is 0 Å². The van der Waals surface area contributed by atoms with E-state index >= 15 is 0 Å². The van der Waals surface area contributed by atoms with E-state index in [1.165, 1.54) is 6.08 Å². The number of nitrogens with one attached hydrogen (secondary N) is 1. The van der Waals surface area contributed by atoms with E-state index in [-0.39, 0.29) is 11.8 Å². The molecule has 1 aliphatic heterocycles. The molecule has 8 heteroatoms. The molecule has 2 aromatic rings. The summed E-state index contributed by atoms with van der Waals surface area (Å²) in [6, 6.07) is 7.51. The molecule has 0 radical (unpaired) electrons. The van der Waals surface area contributed by atoms with Gasteiger partial charge in [-0.05, 0) is 42.4 Å². The van der Waals surface area contributed by atoms with Crippen molar-refractivity contribution in [2.45, 2.75) is 13.1 Å². The van der Waals surface area contributed by atoms with Crippen LogP contribution in [0.25, 0.3) is 6.08 Å². The topological polar surface area (TPSA) is 84.0 Å². The number of rotatable bonds is 6. The summed E-state index contributed by atoms with van der Waals surface area (Å²) in [5.74, 6) is 1.62. The van der Waals surface area contributed by atoms with Crippen LogP contribution in [-0.4, -0.2) is 61.5 Å². The van der Waals surface area contributed by atoms with Crippen molar-refractivity contribution in [3.05, 3.63) is 53.2 Å². The van der Waals surface area contributed by atoms with Crippen LogP contribution in [0.2, 0.25) is 0 Å². The number of nitrogens with zero attached hydrogens (tertiary/aromatic N) is 3. The Hall–Kier alpha value is -3.39. The first-order chi connectivity index (χ1) is 14.4. The van der Waals surface area contributed by atoms with Gasteiger partial charge in [-0.25, -0.2) is 4.98 Å². The Morgan fingerprint density at radius 1 is 1.23 bits per heavy atom. The summed E-state index contributed by atoms with van der Waals surface area (Å²) in [5.41, 5.74) is 2.64. The van der Waals surface area contributed by atoms with Crippen molar-refractivity contribution < 1.29 is 19.1 Å². The van der Waals surface area contributed by atoms with E-state index in [2.05, 4.69) is 10.3 Å². The lowest BCUT2D eigenvalue weighted by Crippen LogP contribution is -2.26. The number of anilines is 1. The zero-order valence-corrected chi connectivity index (χ0v) is 17.6. The first kappa shape index (κ1) is 21.3. The molecule has 3 rings (SSSR count). The van der Waals surface area contributed by atoms with Gasteiger partial charge in [-0.2, -0.15) is 0 Å². The normalized spacial score (nSPS) is 14.1. The van der Waals surface area contributed by atoms with Crippen molar-refractivity contribution in [3.63, 3.8) is 0 Å². The van der Waals surface area contributed by atoms with Crippen LogP contribution in [-0.2, 0) is 22.7 Å². The van der Waals surface area contributed by atoms with Crippen molar-refractivity contribution in [1.82, 2.24) is 14.8 Å². The lowest BCUT2D eigenvalue weighted by atomic mass is 10.1. The van der Waals surface area contributed by atoms with Crippen molar-refractivity contribution >= 4 is 23.7 Å². The van der Waals surface area contributed by atoms with Gasteiger partial charge in [0.15, 0.2) is 11.5 Å². The molecule has 1 aliphatic rings. The van der Waals surface area contributed by atoms with Crippen LogP contribution in [0.1, 0.15) is 16.7 Å². The number of ether oxygens (including phenoxy) is 2. The fourth-order valence-electron chi connectivity index (χ4n) is 3.24. The van der Waals surface area contributed by atoms with Crippen molar-refractivity contribution in [2.24, 2.45) is 0 Å². The molecular weight excluding hydrogens is 384 g/mol. The molecule has 0 bridgehead atoms. The van der Waals surface area contributed by atoms with Crippen LogP contribution in [0.5, 0.6) is 11.5 Å². The zero-order chi connectivity index (χ0) is 21.7. The Kier molecular flexibility index (Phi) is 6.68. The minimum Gasteiger partial charge on any atom is -0.493 e. The SMILES string of the molecule is COc1ccc(CN(C)C(=O)/C=C/c2cnc3c(c2)CN(C)CC(=O)N3)cc1OC. The summed E-state index contributed by atoms with van der Waals surface area (Å²) < 4.78 is 10.6. The minimum atomic E-state index is -0.134. The van der Waals surface area contributed by atoms with E-state index in [1.807, 2.05) is 36.2 Å². The average Bonchev–Trinajstić information content (AvgIpc) is 2.87. The standard InChI is InChI=1S/C22H26N4O4/c1-25-13-17-9-15(11-23-22(17)24-20(27)14-25)6-8-21(28)26(2)12-16-5-7-18(29-3)19(10-16)30-4/h5-11H,12-14H2,1-4H3,(H,23,24,27)/b8-6+. The molecule has 0 spiro atoms. The van der Waals surface area contributed by atoms with Gasteiger partial charge in [-0.15, -0.1) is 0 Å². The molecular formula is C22H26N4O4. The van der Waals surface area contributed by atoms with Gasteiger partial charge in [0.2, 0.25) is 11.8 Å². The van der Waals surface area contributed by atoms with Gasteiger partial charge in [0.25, 0.3) is 0 Å². The van der Waals surface area contributed by atoms with Crippen molar-refractivity contribution in [1.29, 1.82) is 0 Å². The van der Waals surface area contributed by atoms with Crippen molar-refractivity contribution in [3.8, 4) is 11.5 Å². The molecule has 2 amide bonds. The van der Waals surface area contributed by atoms with Gasteiger partial charge in [-0.3, -0.25) is 14.5 Å². The quantitative estimate of drug-likeness (QED) is 0.735. The summed E-state index contributed by atoms with van der Waals surface area (Å²) in [6.45, 7) is 1.36. The lowest BCUT2D eigenvalue weighted by molar-refractivity contribution is -0.125. The highest BCUT2D eigenvalue weighted by Gasteiger charge is 2.17. The highest BCUT2D eigenvalue weighted by atomic mass is 16.5. The van der Waals surface area contributed by atoms with Crippen LogP contribution in [0.4, 0.5) is 5.82 Å². The van der Waals surface area contributed by atoms with Gasteiger partial charge in [0, 0.05) is 38.0 Å². The van der Waals surface area contributed by atoms with Crippen LogP contribution in [0.3, 0.4) is 0 Å². The third kappa shape index (κ3) is 5.15. The molecule has 0 saturated carbocycles. The van der Waals surface area contributed by atoms with Crippen LogP contribution in [0, 0.1) is 0 Å². The first-order valence-corrected chi connectivity index (χ1v) is 9.51. The van der Waals surface area contributed by atoms with E-state index in [9.17, 15) is 9.59 Å². The highest BCUT2D eigenvalue weighted by Crippen LogP contribution is 2.28. The summed E-state index contributed by atoms with van der Waals surface area (Å²) in [5, 5.41) is 2.80. The molecule has 2 heterocycles. The van der Waals surface area contributed by atoms with E-state index in [1.54, 1.807) is 38.4 Å². The number of carbonyl (C=O) groups excluding carboxylic acids is 2. The maximum atomic E-state index is 12.5. The molecule has 0 saturated heterocycles. The number of hydrogen-bond donors (Lipinski definition) is 1. The van der Waals surface area contributed by atoms with Gasteiger partial charge >= 0.3 is 0 Å². The van der Waals surface area contributed by atoms with E-state index in [4.69, 9.17) is 9.47 Å². The number of pyridine rings is 1. The number of hydrogen-bond acceptors (Lipinski definition) is 6. The van der Waals surface area contributed by atoms with Crippen LogP contribution in [0.15, 0.2) is 36.5 Å². The molecule has 30 heavy (non-hydrogen) atoms. The Balaban J connectivity index is 1.67. The maximum Gasteiger partial charge on any atom is 0.246 e. The van der Waals surface area contributed by atoms with Gasteiger partial charge in [0.1, 0.15) is 5.82 Å². The highest BCUT2D eigenvalue weighted by molar-refractivity contribution is 5.93. The number of carbonyl (C=O) groups is 2. The molecule has 0 fully saturated rings. The largest absolute Gasteiger partial charge is 0.493 e. The summed E-state index contributed by atoms with van der Waals surface area (Å²) in [7, 11) is 6.78. The molecule has 158 valence electrons. The second-order valence-electron chi connectivity index (χ2n) is 7.21. The van der Waals surface area contributed by atoms with E-state index in [0.717, 1.165) is 16.7 Å². The van der Waals surface area contributed by atoms with Gasteiger partial charge in [0.05, 0.1) is 20.8 Å². The van der Waals surface area contributed by atoms with Gasteiger partial charge < -0.3 is 19.7 Å². The number of aromatic nitrogens is 1. The van der Waals surface area contributed by atoms with Crippen molar-refractivity contribution in [2.75, 3.05) is 40.2 Å². The molecule has 0 aliphatic carbocycles. The third-order valence-corrected chi connectivity index (χ3v) is 4.76. The van der Waals surface area contributed by atoms with Crippen LogP contribution < -0.4 is 14.8 Å². The molecule has 0 atom stereocenters. The summed E-state index contributed by atoms with van der Waals surface area (Å²) in [6.07, 6.45) is 4.89. The third-order valence-electron chi connectivity index (χ3n) is 4.76. The second kappa shape index (κ2) is 9.41. The number of likely N-dealkylation sites (N-methyl/N-ethyl adjacent to an activating group) is 2. The Morgan fingerprint density at radius 3 is 2.73 bits per heavy atom. The fraction of sp³-hybridized carbons (Fsp3) is 0.318. The average molecular weight is 410 g/mol. The Bertz CT molecular complexity index is 974. The number of amides is 2. The Labute approximate surface area is 176 Å². The van der Waals surface area contributed by atoms with E-state index < -0.39 is 0 Å². The fourth-order valence-corrected chi connectivity index (χ4v) is 3.24. The van der Waals surface area contributed by atoms with E-state index in [0.29, 0.717) is 37.0 Å². The molecule has 1 aromatic heterocycles. The number of methoxy groups -OCH3 is 2. The molecule has 8 nitrogen and oxygen atoms in total. The zero-order valence-electron chi connectivity index (χ0n) is 17.6. The first-order valence-electron chi connectivity index (χ1n) is 9.51. The predicted octanol–water partition coefficient (Wildman–Crippen LogP) is 2.15. The summed E-state index contributed by atoms with van der Waals surface area (Å²) in [4.78, 5) is 32.2. The molecule has 1 N–H and O–H groups in total. The molecule has 1 aromatic carbocycles. The maximum absolute atomic E-state index is 12.5. The molecule has 0 unspecified atom stereocenters. The Morgan fingerprint density at radius 2 is 2.00 bits per heavy atom. The number of benzene rings is 1. The van der Waals surface area contributed by atoms with Gasteiger partial charge in [-0.1, -0.05) is 6.07 Å².